The van der Waals surface area contributed by atoms with Crippen molar-refractivity contribution in [3.8, 4) is 11.5 Å². The lowest BCUT2D eigenvalue weighted by Crippen LogP contribution is -2.50. The zero-order valence-electron chi connectivity index (χ0n) is 14.7. The van der Waals surface area contributed by atoms with E-state index in [0.717, 1.165) is 30.9 Å². The Morgan fingerprint density at radius 3 is 2.68 bits per heavy atom. The molecule has 5 nitrogen and oxygen atoms in total. The number of amides is 1. The zero-order valence-corrected chi connectivity index (χ0v) is 15.5. The number of carbonyl (C=O) groups is 1. The lowest BCUT2D eigenvalue weighted by atomic mass is 10.2. The molecule has 2 saturated heterocycles. The highest BCUT2D eigenvalue weighted by Gasteiger charge is 2.50. The van der Waals surface area contributed by atoms with E-state index in [4.69, 9.17) is 9.47 Å². The van der Waals surface area contributed by atoms with Gasteiger partial charge in [-0.3, -0.25) is 9.69 Å². The molecule has 0 saturated carbocycles. The van der Waals surface area contributed by atoms with E-state index in [9.17, 15) is 4.79 Å². The van der Waals surface area contributed by atoms with Crippen molar-refractivity contribution < 1.29 is 14.3 Å². The first kappa shape index (κ1) is 16.4. The van der Waals surface area contributed by atoms with Crippen LogP contribution in [-0.2, 0) is 11.3 Å². The number of fused-ring (bicyclic) bond motifs is 2. The molecule has 1 amide bonds. The maximum atomic E-state index is 13.0. The highest BCUT2D eigenvalue weighted by atomic mass is 32.1. The maximum absolute atomic E-state index is 13.0. The van der Waals surface area contributed by atoms with Gasteiger partial charge in [-0.05, 0) is 37.6 Å². The molecule has 0 N–H and O–H groups in total. The number of rotatable bonds is 5. The Kier molecular flexibility index (Phi) is 4.17. The minimum atomic E-state index is -0.0386. The minimum absolute atomic E-state index is 0.0386. The fourth-order valence-electron chi connectivity index (χ4n) is 3.91. The van der Waals surface area contributed by atoms with Crippen LogP contribution in [0.2, 0.25) is 0 Å². The predicted molar refractivity (Wildman–Crippen MR) is 98.7 cm³/mol. The van der Waals surface area contributed by atoms with Crippen molar-refractivity contribution in [3.05, 3.63) is 40.1 Å². The van der Waals surface area contributed by atoms with Crippen LogP contribution in [0.4, 0.5) is 5.69 Å². The summed E-state index contributed by atoms with van der Waals surface area (Å²) in [4.78, 5) is 19.9. The summed E-state index contributed by atoms with van der Waals surface area (Å²) >= 11 is 1.81. The van der Waals surface area contributed by atoms with Crippen molar-refractivity contribution in [2.75, 3.05) is 25.7 Å². The topological polar surface area (TPSA) is 42.0 Å². The Morgan fingerprint density at radius 1 is 1.20 bits per heavy atom. The average molecular weight is 358 g/mol. The molecule has 2 fully saturated rings. The van der Waals surface area contributed by atoms with Crippen molar-refractivity contribution in [3.63, 3.8) is 0 Å². The Labute approximate surface area is 151 Å². The third kappa shape index (κ3) is 2.79. The molecule has 132 valence electrons. The molecule has 0 aliphatic carbocycles. The van der Waals surface area contributed by atoms with Gasteiger partial charge in [0.05, 0.1) is 32.0 Å². The Morgan fingerprint density at radius 2 is 2.04 bits per heavy atom. The van der Waals surface area contributed by atoms with Crippen molar-refractivity contribution in [1.82, 2.24) is 4.90 Å². The average Bonchev–Trinajstić information content (AvgIpc) is 3.29. The lowest BCUT2D eigenvalue weighted by molar-refractivity contribution is -0.122. The third-order valence-corrected chi connectivity index (χ3v) is 6.05. The van der Waals surface area contributed by atoms with Crippen LogP contribution >= 0.6 is 11.3 Å². The van der Waals surface area contributed by atoms with E-state index in [-0.39, 0.29) is 18.0 Å². The molecule has 6 heteroatoms. The number of ether oxygens (including phenoxy) is 2. The molecule has 2 bridgehead atoms. The number of benzene rings is 1. The molecule has 25 heavy (non-hydrogen) atoms. The molecule has 3 heterocycles. The summed E-state index contributed by atoms with van der Waals surface area (Å²) in [5.41, 5.74) is 0.811. The Balaban J connectivity index is 1.57. The lowest BCUT2D eigenvalue weighted by Gasteiger charge is -2.34. The van der Waals surface area contributed by atoms with Gasteiger partial charge in [0.1, 0.15) is 11.5 Å². The van der Waals surface area contributed by atoms with Crippen LogP contribution in [0.1, 0.15) is 16.2 Å². The molecule has 2 aliphatic rings. The second-order valence-corrected chi connectivity index (χ2v) is 7.97. The molecule has 0 spiro atoms. The minimum Gasteiger partial charge on any atom is -0.497 e. The van der Waals surface area contributed by atoms with Gasteiger partial charge in [0.15, 0.2) is 0 Å². The van der Waals surface area contributed by atoms with Crippen LogP contribution in [0.15, 0.2) is 30.3 Å². The van der Waals surface area contributed by atoms with Crippen LogP contribution in [0.25, 0.3) is 0 Å². The number of aryl methyl sites for hydroxylation is 1. The molecule has 1 aromatic heterocycles. The van der Waals surface area contributed by atoms with Crippen molar-refractivity contribution in [1.29, 1.82) is 0 Å². The van der Waals surface area contributed by atoms with Crippen molar-refractivity contribution in [2.24, 2.45) is 0 Å². The van der Waals surface area contributed by atoms with E-state index in [1.54, 1.807) is 14.2 Å². The summed E-state index contributed by atoms with van der Waals surface area (Å²) in [6.07, 6.45) is 0.879. The largest absolute Gasteiger partial charge is 0.497 e. The smallest absolute Gasteiger partial charge is 0.244 e. The first-order chi connectivity index (χ1) is 12.1. The molecule has 2 atom stereocenters. The van der Waals surface area contributed by atoms with E-state index in [0.29, 0.717) is 5.75 Å². The molecular formula is C19H22N2O3S. The van der Waals surface area contributed by atoms with Gasteiger partial charge in [-0.15, -0.1) is 11.3 Å². The van der Waals surface area contributed by atoms with Gasteiger partial charge in [-0.2, -0.15) is 0 Å². The number of carbonyl (C=O) groups excluding carboxylic acids is 1. The van der Waals surface area contributed by atoms with Crippen LogP contribution in [-0.4, -0.2) is 43.7 Å². The van der Waals surface area contributed by atoms with E-state index in [2.05, 4.69) is 24.0 Å². The summed E-state index contributed by atoms with van der Waals surface area (Å²) in [6.45, 7) is 3.87. The van der Waals surface area contributed by atoms with Crippen LogP contribution in [0.3, 0.4) is 0 Å². The van der Waals surface area contributed by atoms with Gasteiger partial charge in [0.25, 0.3) is 0 Å². The SMILES string of the molecule is COc1ccc(OC)c(N2C(=O)[C@@H]3C[C@H]2CN3Cc2ccc(C)s2)c1. The monoisotopic (exact) mass is 358 g/mol. The number of anilines is 1. The standard InChI is InChI=1S/C19H22N2O3S/c1-12-4-6-15(25-12)11-20-10-13-8-17(20)19(22)21(13)16-9-14(23-2)5-7-18(16)24-3/h4-7,9,13,17H,8,10-11H2,1-3H3/t13-,17-/m0/s1. The molecule has 2 aromatic rings. The molecule has 0 radical (unpaired) electrons. The number of thiophene rings is 1. The van der Waals surface area contributed by atoms with Gasteiger partial charge in [0, 0.05) is 28.9 Å². The molecule has 1 aromatic carbocycles. The maximum Gasteiger partial charge on any atom is 0.244 e. The summed E-state index contributed by atoms with van der Waals surface area (Å²) < 4.78 is 10.8. The first-order valence-corrected chi connectivity index (χ1v) is 9.27. The zero-order chi connectivity index (χ0) is 17.6. The van der Waals surface area contributed by atoms with Crippen LogP contribution < -0.4 is 14.4 Å². The van der Waals surface area contributed by atoms with Crippen molar-refractivity contribution in [2.45, 2.75) is 32.0 Å². The van der Waals surface area contributed by atoms with Gasteiger partial charge in [-0.25, -0.2) is 0 Å². The fraction of sp³-hybridized carbons (Fsp3) is 0.421. The van der Waals surface area contributed by atoms with Crippen LogP contribution in [0, 0.1) is 6.92 Å². The van der Waals surface area contributed by atoms with Gasteiger partial charge in [-0.1, -0.05) is 0 Å². The second kappa shape index (κ2) is 6.35. The van der Waals surface area contributed by atoms with Crippen molar-refractivity contribution >= 4 is 22.9 Å². The quantitative estimate of drug-likeness (QED) is 0.824. The summed E-state index contributed by atoms with van der Waals surface area (Å²) in [6, 6.07) is 10.1. The highest BCUT2D eigenvalue weighted by Crippen LogP contribution is 2.42. The summed E-state index contributed by atoms with van der Waals surface area (Å²) in [5, 5.41) is 0. The van der Waals surface area contributed by atoms with Gasteiger partial charge < -0.3 is 14.4 Å². The van der Waals surface area contributed by atoms with E-state index < -0.39 is 0 Å². The van der Waals surface area contributed by atoms with Gasteiger partial charge >= 0.3 is 0 Å². The number of piperazine rings is 1. The van der Waals surface area contributed by atoms with E-state index >= 15 is 0 Å². The molecule has 4 rings (SSSR count). The van der Waals surface area contributed by atoms with Gasteiger partial charge in [0.2, 0.25) is 5.91 Å². The third-order valence-electron chi connectivity index (χ3n) is 5.07. The summed E-state index contributed by atoms with van der Waals surface area (Å²) in [7, 11) is 3.27. The molecule has 2 aliphatic heterocycles. The number of likely N-dealkylation sites (tertiary alicyclic amines) is 1. The highest BCUT2D eigenvalue weighted by molar-refractivity contribution is 7.11. The number of hydrogen-bond acceptors (Lipinski definition) is 5. The van der Waals surface area contributed by atoms with E-state index in [1.807, 2.05) is 34.4 Å². The number of methoxy groups -OCH3 is 2. The summed E-state index contributed by atoms with van der Waals surface area (Å²) in [5.74, 6) is 1.61. The van der Waals surface area contributed by atoms with E-state index in [1.165, 1.54) is 9.75 Å². The molecular weight excluding hydrogens is 336 g/mol. The fourth-order valence-corrected chi connectivity index (χ4v) is 4.83. The Bertz CT molecular complexity index is 804. The molecule has 0 unspecified atom stereocenters. The normalized spacial score (nSPS) is 22.7. The Hall–Kier alpha value is -2.05. The van der Waals surface area contributed by atoms with Crippen LogP contribution in [0.5, 0.6) is 11.5 Å². The second-order valence-electron chi connectivity index (χ2n) is 6.59. The predicted octanol–water partition coefficient (Wildman–Crippen LogP) is 3.06. The number of nitrogens with zero attached hydrogens (tertiary/aromatic N) is 2. The number of hydrogen-bond donors (Lipinski definition) is 0. The first-order valence-electron chi connectivity index (χ1n) is 8.45.